The van der Waals surface area contributed by atoms with Gasteiger partial charge in [-0.1, -0.05) is 24.3 Å². The maximum absolute atomic E-state index is 10.0. The van der Waals surface area contributed by atoms with E-state index in [2.05, 4.69) is 4.98 Å². The first-order valence-electron chi connectivity index (χ1n) is 4.72. The van der Waals surface area contributed by atoms with Crippen molar-refractivity contribution in [3.8, 4) is 0 Å². The van der Waals surface area contributed by atoms with Gasteiger partial charge in [0.25, 0.3) is 0 Å². The fourth-order valence-corrected chi connectivity index (χ4v) is 1.46. The van der Waals surface area contributed by atoms with Crippen molar-refractivity contribution >= 4 is 5.69 Å². The molecule has 15 heavy (non-hydrogen) atoms. The van der Waals surface area contributed by atoms with Crippen molar-refractivity contribution in [2.45, 2.75) is 6.10 Å². The van der Waals surface area contributed by atoms with Crippen molar-refractivity contribution < 1.29 is 5.11 Å². The second kappa shape index (κ2) is 4.11. The molecule has 0 aliphatic heterocycles. The van der Waals surface area contributed by atoms with Crippen LogP contribution >= 0.6 is 0 Å². The smallest absolute Gasteiger partial charge is 0.123 e. The summed E-state index contributed by atoms with van der Waals surface area (Å²) >= 11 is 0. The summed E-state index contributed by atoms with van der Waals surface area (Å²) in [5, 5.41) is 10.0. The summed E-state index contributed by atoms with van der Waals surface area (Å²) in [7, 11) is 0. The molecule has 0 unspecified atom stereocenters. The number of aliphatic hydroxyl groups excluding tert-OH is 1. The van der Waals surface area contributed by atoms with E-state index in [1.54, 1.807) is 24.4 Å². The lowest BCUT2D eigenvalue weighted by Crippen LogP contribution is -2.04. The fourth-order valence-electron chi connectivity index (χ4n) is 1.46. The molecule has 2 rings (SSSR count). The van der Waals surface area contributed by atoms with E-state index >= 15 is 0 Å². The van der Waals surface area contributed by atoms with Crippen LogP contribution in [-0.4, -0.2) is 10.1 Å². The number of nitrogen functional groups attached to an aromatic ring is 1. The highest BCUT2D eigenvalue weighted by atomic mass is 16.3. The second-order valence-corrected chi connectivity index (χ2v) is 3.29. The summed E-state index contributed by atoms with van der Waals surface area (Å²) < 4.78 is 0. The molecule has 0 radical (unpaired) electrons. The van der Waals surface area contributed by atoms with Gasteiger partial charge in [-0.15, -0.1) is 0 Å². The third-order valence-electron chi connectivity index (χ3n) is 2.26. The molecule has 0 aliphatic rings. The Labute approximate surface area is 88.2 Å². The van der Waals surface area contributed by atoms with Crippen molar-refractivity contribution in [1.29, 1.82) is 0 Å². The summed E-state index contributed by atoms with van der Waals surface area (Å²) in [4.78, 5) is 4.09. The van der Waals surface area contributed by atoms with Gasteiger partial charge in [0, 0.05) is 17.4 Å². The van der Waals surface area contributed by atoms with Crippen LogP contribution in [0.15, 0.2) is 48.7 Å². The summed E-state index contributed by atoms with van der Waals surface area (Å²) in [6, 6.07) is 12.7. The maximum atomic E-state index is 10.0. The van der Waals surface area contributed by atoms with Gasteiger partial charge >= 0.3 is 0 Å². The Hall–Kier alpha value is -1.87. The summed E-state index contributed by atoms with van der Waals surface area (Å²) in [6.07, 6.45) is 0.893. The lowest BCUT2D eigenvalue weighted by atomic mass is 10.0. The van der Waals surface area contributed by atoms with E-state index in [0.29, 0.717) is 16.9 Å². The SMILES string of the molecule is Nc1ccccc1[C@H](O)c1ccccn1. The third-order valence-corrected chi connectivity index (χ3v) is 2.26. The van der Waals surface area contributed by atoms with Crippen molar-refractivity contribution in [3.05, 3.63) is 59.9 Å². The van der Waals surface area contributed by atoms with E-state index in [1.165, 1.54) is 0 Å². The average Bonchev–Trinajstić information content (AvgIpc) is 2.30. The molecule has 3 N–H and O–H groups in total. The van der Waals surface area contributed by atoms with Crippen LogP contribution in [0.1, 0.15) is 17.4 Å². The van der Waals surface area contributed by atoms with Gasteiger partial charge in [-0.2, -0.15) is 0 Å². The van der Waals surface area contributed by atoms with E-state index in [4.69, 9.17) is 5.73 Å². The number of hydrogen-bond donors (Lipinski definition) is 2. The minimum Gasteiger partial charge on any atom is -0.398 e. The van der Waals surface area contributed by atoms with Gasteiger partial charge in [0.15, 0.2) is 0 Å². The van der Waals surface area contributed by atoms with E-state index in [9.17, 15) is 5.11 Å². The van der Waals surface area contributed by atoms with Gasteiger partial charge in [0.2, 0.25) is 0 Å². The largest absolute Gasteiger partial charge is 0.398 e. The molecule has 0 bridgehead atoms. The molecule has 0 saturated carbocycles. The minimum absolute atomic E-state index is 0.579. The quantitative estimate of drug-likeness (QED) is 0.726. The van der Waals surface area contributed by atoms with E-state index in [-0.39, 0.29) is 0 Å². The normalized spacial score (nSPS) is 12.3. The zero-order valence-electron chi connectivity index (χ0n) is 8.17. The zero-order valence-corrected chi connectivity index (χ0v) is 8.17. The van der Waals surface area contributed by atoms with Crippen molar-refractivity contribution in [3.63, 3.8) is 0 Å². The monoisotopic (exact) mass is 200 g/mol. The topological polar surface area (TPSA) is 59.1 Å². The second-order valence-electron chi connectivity index (χ2n) is 3.29. The lowest BCUT2D eigenvalue weighted by molar-refractivity contribution is 0.216. The summed E-state index contributed by atoms with van der Waals surface area (Å²) in [5.41, 5.74) is 7.65. The Balaban J connectivity index is 2.37. The molecule has 1 atom stereocenters. The molecule has 1 aromatic carbocycles. The molecule has 1 heterocycles. The Morgan fingerprint density at radius 3 is 2.47 bits per heavy atom. The number of hydrogen-bond acceptors (Lipinski definition) is 3. The highest BCUT2D eigenvalue weighted by molar-refractivity contribution is 5.49. The molecular weight excluding hydrogens is 188 g/mol. The van der Waals surface area contributed by atoms with Gasteiger partial charge < -0.3 is 10.8 Å². The molecule has 3 heteroatoms. The number of aliphatic hydroxyl groups is 1. The number of para-hydroxylation sites is 1. The predicted molar refractivity (Wildman–Crippen MR) is 59.2 cm³/mol. The van der Waals surface area contributed by atoms with E-state index in [0.717, 1.165) is 0 Å². The molecular formula is C12H12N2O. The van der Waals surface area contributed by atoms with Crippen LogP contribution in [0.4, 0.5) is 5.69 Å². The van der Waals surface area contributed by atoms with Crippen LogP contribution in [0.25, 0.3) is 0 Å². The van der Waals surface area contributed by atoms with Crippen LogP contribution in [0, 0.1) is 0 Å². The molecule has 3 nitrogen and oxygen atoms in total. The first-order chi connectivity index (χ1) is 7.29. The zero-order chi connectivity index (χ0) is 10.7. The van der Waals surface area contributed by atoms with Gasteiger partial charge in [-0.3, -0.25) is 4.98 Å². The Bertz CT molecular complexity index is 442. The maximum Gasteiger partial charge on any atom is 0.123 e. The number of benzene rings is 1. The van der Waals surface area contributed by atoms with Crippen LogP contribution < -0.4 is 5.73 Å². The van der Waals surface area contributed by atoms with Crippen molar-refractivity contribution in [1.82, 2.24) is 4.98 Å². The van der Waals surface area contributed by atoms with Crippen molar-refractivity contribution in [2.24, 2.45) is 0 Å². The Morgan fingerprint density at radius 1 is 1.07 bits per heavy atom. The average molecular weight is 200 g/mol. The Kier molecular flexibility index (Phi) is 2.65. The third kappa shape index (κ3) is 1.97. The highest BCUT2D eigenvalue weighted by Crippen LogP contribution is 2.24. The summed E-state index contributed by atoms with van der Waals surface area (Å²) in [5.74, 6) is 0. The molecule has 0 saturated heterocycles. The van der Waals surface area contributed by atoms with Crippen LogP contribution in [0.3, 0.4) is 0 Å². The minimum atomic E-state index is -0.757. The first-order valence-corrected chi connectivity index (χ1v) is 4.72. The van der Waals surface area contributed by atoms with Gasteiger partial charge in [0.1, 0.15) is 6.10 Å². The van der Waals surface area contributed by atoms with Crippen LogP contribution in [-0.2, 0) is 0 Å². The first kappa shape index (κ1) is 9.68. The van der Waals surface area contributed by atoms with Crippen molar-refractivity contribution in [2.75, 3.05) is 5.73 Å². The van der Waals surface area contributed by atoms with Crippen LogP contribution in [0.5, 0.6) is 0 Å². The number of aromatic nitrogens is 1. The molecule has 1 aromatic heterocycles. The molecule has 0 spiro atoms. The number of rotatable bonds is 2. The molecule has 0 amide bonds. The highest BCUT2D eigenvalue weighted by Gasteiger charge is 2.13. The Morgan fingerprint density at radius 2 is 1.80 bits per heavy atom. The predicted octanol–water partition coefficient (Wildman–Crippen LogP) is 1.75. The number of anilines is 1. The number of nitrogens with two attached hydrogens (primary N) is 1. The van der Waals surface area contributed by atoms with E-state index < -0.39 is 6.10 Å². The van der Waals surface area contributed by atoms with Crippen LogP contribution in [0.2, 0.25) is 0 Å². The number of pyridine rings is 1. The standard InChI is InChI=1S/C12H12N2O/c13-10-6-2-1-5-9(10)12(15)11-7-3-4-8-14-11/h1-8,12,15H,13H2/t12-/m0/s1. The lowest BCUT2D eigenvalue weighted by Gasteiger charge is -2.12. The number of nitrogens with zero attached hydrogens (tertiary/aromatic N) is 1. The summed E-state index contributed by atoms with van der Waals surface area (Å²) in [6.45, 7) is 0. The molecule has 2 aromatic rings. The molecule has 0 aliphatic carbocycles. The van der Waals surface area contributed by atoms with Gasteiger partial charge in [-0.05, 0) is 18.2 Å². The van der Waals surface area contributed by atoms with E-state index in [1.807, 2.05) is 24.3 Å². The molecule has 0 fully saturated rings. The fraction of sp³-hybridized carbons (Fsp3) is 0.0833. The van der Waals surface area contributed by atoms with Gasteiger partial charge in [0.05, 0.1) is 5.69 Å². The molecule has 76 valence electrons. The van der Waals surface area contributed by atoms with Gasteiger partial charge in [-0.25, -0.2) is 0 Å².